The first-order chi connectivity index (χ1) is 13.1. The summed E-state index contributed by atoms with van der Waals surface area (Å²) in [6.07, 6.45) is 2.83. The summed E-state index contributed by atoms with van der Waals surface area (Å²) in [6, 6.07) is 9.45. The summed E-state index contributed by atoms with van der Waals surface area (Å²) in [5.74, 6) is 4.74. The van der Waals surface area contributed by atoms with E-state index in [0.717, 1.165) is 11.3 Å². The minimum Gasteiger partial charge on any atom is -0.493 e. The molecule has 1 fully saturated rings. The minimum atomic E-state index is 0.388. The maximum Gasteiger partial charge on any atom is 0.216 e. The highest BCUT2D eigenvalue weighted by atomic mass is 32.1. The number of hydrogen-bond donors (Lipinski definition) is 1. The Balaban J connectivity index is 1.64. The van der Waals surface area contributed by atoms with E-state index >= 15 is 0 Å². The molecule has 0 spiro atoms. The van der Waals surface area contributed by atoms with Crippen LogP contribution in [0, 0.1) is 10.7 Å². The number of aromatic amines is 1. The van der Waals surface area contributed by atoms with Gasteiger partial charge in [-0.2, -0.15) is 14.9 Å². The van der Waals surface area contributed by atoms with Crippen molar-refractivity contribution >= 4 is 18.4 Å². The quantitative estimate of drug-likeness (QED) is 0.508. The predicted molar refractivity (Wildman–Crippen MR) is 104 cm³/mol. The smallest absolute Gasteiger partial charge is 0.216 e. The van der Waals surface area contributed by atoms with Gasteiger partial charge in [0.1, 0.15) is 11.5 Å². The van der Waals surface area contributed by atoms with E-state index in [1.165, 1.54) is 6.42 Å². The van der Waals surface area contributed by atoms with E-state index in [9.17, 15) is 0 Å². The molecular weight excluding hydrogens is 364 g/mol. The van der Waals surface area contributed by atoms with Crippen molar-refractivity contribution < 1.29 is 13.9 Å². The predicted octanol–water partition coefficient (Wildman–Crippen LogP) is 4.22. The molecule has 140 valence electrons. The molecule has 0 unspecified atom stereocenters. The first kappa shape index (κ1) is 17.5. The fraction of sp³-hybridized carbons (Fsp3) is 0.316. The van der Waals surface area contributed by atoms with Crippen LogP contribution in [0.1, 0.15) is 30.8 Å². The Morgan fingerprint density at radius 1 is 1.26 bits per heavy atom. The number of ether oxygens (including phenoxy) is 2. The lowest BCUT2D eigenvalue weighted by Crippen LogP contribution is -1.96. The molecule has 1 saturated carbocycles. The molecule has 8 heteroatoms. The van der Waals surface area contributed by atoms with Gasteiger partial charge in [0.25, 0.3) is 0 Å². The van der Waals surface area contributed by atoms with Crippen molar-refractivity contribution in [3.8, 4) is 22.9 Å². The fourth-order valence-electron chi connectivity index (χ4n) is 3.03. The van der Waals surface area contributed by atoms with Crippen molar-refractivity contribution in [2.24, 2.45) is 11.0 Å². The summed E-state index contributed by atoms with van der Waals surface area (Å²) in [7, 11) is 3.18. The Morgan fingerprint density at radius 3 is 2.74 bits per heavy atom. The molecule has 0 saturated heterocycles. The van der Waals surface area contributed by atoms with Gasteiger partial charge in [-0.25, -0.2) is 5.10 Å². The molecule has 0 amide bonds. The lowest BCUT2D eigenvalue weighted by molar-refractivity contribution is 0.355. The number of hydrogen-bond acceptors (Lipinski definition) is 6. The first-order valence-electron chi connectivity index (χ1n) is 8.64. The van der Waals surface area contributed by atoms with Crippen LogP contribution in [0.5, 0.6) is 11.5 Å². The summed E-state index contributed by atoms with van der Waals surface area (Å²) in [4.78, 5) is 0. The number of rotatable bonds is 6. The number of aromatic nitrogens is 3. The third kappa shape index (κ3) is 3.40. The number of nitrogens with one attached hydrogen (secondary N) is 1. The molecule has 4 rings (SSSR count). The lowest BCUT2D eigenvalue weighted by atomic mass is 10.2. The van der Waals surface area contributed by atoms with Crippen molar-refractivity contribution in [3.63, 3.8) is 0 Å². The number of methoxy groups -OCH3 is 2. The van der Waals surface area contributed by atoms with Crippen molar-refractivity contribution in [1.82, 2.24) is 14.9 Å². The Bertz CT molecular complexity index is 1050. The molecule has 0 bridgehead atoms. The highest BCUT2D eigenvalue weighted by molar-refractivity contribution is 7.71. The molecule has 1 N–H and O–H groups in total. The SMILES string of the molecule is COc1ccc(-c2n[nH]c(=S)n2/N=C\c2ccc([C@H]3C[C@H]3C)o2)cc1OC. The van der Waals surface area contributed by atoms with Crippen LogP contribution < -0.4 is 9.47 Å². The van der Waals surface area contributed by atoms with Crippen LogP contribution in [-0.2, 0) is 0 Å². The van der Waals surface area contributed by atoms with Crippen LogP contribution >= 0.6 is 12.2 Å². The van der Waals surface area contributed by atoms with Crippen molar-refractivity contribution in [1.29, 1.82) is 0 Å². The molecule has 2 heterocycles. The van der Waals surface area contributed by atoms with Crippen LogP contribution in [0.15, 0.2) is 39.9 Å². The summed E-state index contributed by atoms with van der Waals surface area (Å²) in [5, 5.41) is 11.5. The standard InChI is InChI=1S/C19H20N4O3S/c1-11-8-14(11)15-7-5-13(26-15)10-20-23-18(21-22-19(23)27)12-4-6-16(24-2)17(9-12)25-3/h4-7,9-11,14H,8H2,1-3H3,(H,22,27)/b20-10-/t11-,14+/m1/s1. The second kappa shape index (κ2) is 7.03. The molecule has 0 radical (unpaired) electrons. The zero-order valence-electron chi connectivity index (χ0n) is 15.3. The Kier molecular flexibility index (Phi) is 4.57. The van der Waals surface area contributed by atoms with E-state index in [1.807, 2.05) is 30.3 Å². The normalized spacial score (nSPS) is 18.8. The zero-order valence-corrected chi connectivity index (χ0v) is 16.1. The third-order valence-corrected chi connectivity index (χ3v) is 4.98. The molecule has 27 heavy (non-hydrogen) atoms. The Hall–Kier alpha value is -2.87. The van der Waals surface area contributed by atoms with Crippen LogP contribution in [0.4, 0.5) is 0 Å². The van der Waals surface area contributed by atoms with E-state index in [0.29, 0.717) is 39.7 Å². The molecule has 3 aromatic rings. The summed E-state index contributed by atoms with van der Waals surface area (Å²) < 4.78 is 18.4. The van der Waals surface area contributed by atoms with Gasteiger partial charge in [-0.1, -0.05) is 6.92 Å². The Labute approximate surface area is 161 Å². The highest BCUT2D eigenvalue weighted by Gasteiger charge is 2.36. The first-order valence-corrected chi connectivity index (χ1v) is 9.05. The summed E-state index contributed by atoms with van der Waals surface area (Å²) >= 11 is 5.31. The molecule has 2 atom stereocenters. The second-order valence-corrected chi connectivity index (χ2v) is 6.92. The van der Waals surface area contributed by atoms with Crippen molar-refractivity contribution in [2.45, 2.75) is 19.3 Å². The van der Waals surface area contributed by atoms with Gasteiger partial charge in [-0.15, -0.1) is 0 Å². The maximum absolute atomic E-state index is 5.86. The van der Waals surface area contributed by atoms with Gasteiger partial charge >= 0.3 is 0 Å². The molecule has 1 aliphatic carbocycles. The average Bonchev–Trinajstić information content (AvgIpc) is 3.07. The van der Waals surface area contributed by atoms with Crippen LogP contribution in [0.25, 0.3) is 11.4 Å². The third-order valence-electron chi connectivity index (χ3n) is 4.72. The van der Waals surface area contributed by atoms with Gasteiger partial charge in [-0.3, -0.25) is 0 Å². The van der Waals surface area contributed by atoms with E-state index < -0.39 is 0 Å². The largest absolute Gasteiger partial charge is 0.493 e. The number of nitrogens with zero attached hydrogens (tertiary/aromatic N) is 3. The van der Waals surface area contributed by atoms with E-state index in [1.54, 1.807) is 25.1 Å². The molecule has 1 aromatic carbocycles. The monoisotopic (exact) mass is 384 g/mol. The van der Waals surface area contributed by atoms with Gasteiger partial charge in [0.2, 0.25) is 4.77 Å². The topological polar surface area (TPSA) is 77.6 Å². The maximum atomic E-state index is 5.86. The van der Waals surface area contributed by atoms with E-state index in [4.69, 9.17) is 26.1 Å². The second-order valence-electron chi connectivity index (χ2n) is 6.54. The van der Waals surface area contributed by atoms with Gasteiger partial charge < -0.3 is 13.9 Å². The number of H-pyrrole nitrogens is 1. The Morgan fingerprint density at radius 2 is 2.04 bits per heavy atom. The van der Waals surface area contributed by atoms with Gasteiger partial charge in [-0.05, 0) is 54.9 Å². The van der Waals surface area contributed by atoms with Crippen LogP contribution in [0.3, 0.4) is 0 Å². The minimum absolute atomic E-state index is 0.388. The van der Waals surface area contributed by atoms with Crippen molar-refractivity contribution in [2.75, 3.05) is 14.2 Å². The van der Waals surface area contributed by atoms with E-state index in [2.05, 4.69) is 22.2 Å². The fourth-order valence-corrected chi connectivity index (χ4v) is 3.21. The highest BCUT2D eigenvalue weighted by Crippen LogP contribution is 2.47. The summed E-state index contributed by atoms with van der Waals surface area (Å²) in [5.41, 5.74) is 0.795. The average molecular weight is 384 g/mol. The van der Waals surface area contributed by atoms with Crippen LogP contribution in [-0.4, -0.2) is 35.3 Å². The van der Waals surface area contributed by atoms with Crippen molar-refractivity contribution in [3.05, 3.63) is 46.6 Å². The number of benzene rings is 1. The van der Waals surface area contributed by atoms with E-state index in [-0.39, 0.29) is 0 Å². The number of furan rings is 1. The van der Waals surface area contributed by atoms with Crippen LogP contribution in [0.2, 0.25) is 0 Å². The van der Waals surface area contributed by atoms with Gasteiger partial charge in [0.05, 0.1) is 20.4 Å². The molecule has 1 aliphatic rings. The zero-order chi connectivity index (χ0) is 19.0. The summed E-state index contributed by atoms with van der Waals surface area (Å²) in [6.45, 7) is 2.22. The molecular formula is C19H20N4O3S. The lowest BCUT2D eigenvalue weighted by Gasteiger charge is -2.08. The van der Waals surface area contributed by atoms with Gasteiger partial charge in [0.15, 0.2) is 17.3 Å². The van der Waals surface area contributed by atoms with Gasteiger partial charge in [0, 0.05) is 11.5 Å². The molecule has 2 aromatic heterocycles. The molecule has 0 aliphatic heterocycles. The molecule has 7 nitrogen and oxygen atoms in total.